The zero-order chi connectivity index (χ0) is 14.1. The van der Waals surface area contributed by atoms with E-state index in [2.05, 4.69) is 5.32 Å². The van der Waals surface area contributed by atoms with Gasteiger partial charge in [-0.05, 0) is 44.1 Å². The van der Waals surface area contributed by atoms with Crippen molar-refractivity contribution in [3.63, 3.8) is 0 Å². The van der Waals surface area contributed by atoms with Crippen LogP contribution < -0.4 is 11.1 Å². The fourth-order valence-corrected chi connectivity index (χ4v) is 2.64. The van der Waals surface area contributed by atoms with E-state index in [1.54, 1.807) is 11.8 Å². The number of hydrogen-bond acceptors (Lipinski definition) is 5. The molecule has 0 saturated heterocycles. The predicted octanol–water partition coefficient (Wildman–Crippen LogP) is 1.06. The molecule has 3 N–H and O–H groups in total. The van der Waals surface area contributed by atoms with Gasteiger partial charge >= 0.3 is 5.97 Å². The number of rotatable bonds is 7. The van der Waals surface area contributed by atoms with E-state index in [0.29, 0.717) is 6.42 Å². The van der Waals surface area contributed by atoms with Crippen LogP contribution in [0.25, 0.3) is 0 Å². The van der Waals surface area contributed by atoms with Crippen molar-refractivity contribution in [3.05, 3.63) is 0 Å². The smallest absolute Gasteiger partial charge is 0.328 e. The van der Waals surface area contributed by atoms with E-state index in [0.717, 1.165) is 31.4 Å². The molecule has 0 aromatic heterocycles. The lowest BCUT2D eigenvalue weighted by molar-refractivity contribution is -0.154. The summed E-state index contributed by atoms with van der Waals surface area (Å²) in [6, 6.07) is -0.564. The number of thioether (sulfide) groups is 1. The lowest BCUT2D eigenvalue weighted by Crippen LogP contribution is -2.45. The van der Waals surface area contributed by atoms with Crippen molar-refractivity contribution in [1.82, 2.24) is 5.32 Å². The van der Waals surface area contributed by atoms with Gasteiger partial charge in [-0.25, -0.2) is 4.79 Å². The molecule has 0 aromatic carbocycles. The minimum Gasteiger partial charge on any atom is -0.461 e. The van der Waals surface area contributed by atoms with Gasteiger partial charge in [0.15, 0.2) is 0 Å². The molecule has 110 valence electrons. The van der Waals surface area contributed by atoms with Crippen LogP contribution >= 0.6 is 11.8 Å². The van der Waals surface area contributed by atoms with Crippen LogP contribution in [0.1, 0.15) is 38.5 Å². The predicted molar refractivity (Wildman–Crippen MR) is 76.9 cm³/mol. The Morgan fingerprint density at radius 3 is 2.63 bits per heavy atom. The van der Waals surface area contributed by atoms with Crippen LogP contribution in [0.15, 0.2) is 0 Å². The third-order valence-corrected chi connectivity index (χ3v) is 3.89. The van der Waals surface area contributed by atoms with Gasteiger partial charge in [0, 0.05) is 0 Å². The van der Waals surface area contributed by atoms with E-state index in [1.807, 2.05) is 6.26 Å². The molecular formula is C13H24N2O3S. The summed E-state index contributed by atoms with van der Waals surface area (Å²) < 4.78 is 5.49. The molecule has 5 nitrogen and oxygen atoms in total. The first-order valence-electron chi connectivity index (χ1n) is 6.86. The number of nitrogens with one attached hydrogen (secondary N) is 1. The van der Waals surface area contributed by atoms with Gasteiger partial charge < -0.3 is 15.8 Å². The Kier molecular flexibility index (Phi) is 7.90. The van der Waals surface area contributed by atoms with Crippen LogP contribution in [-0.2, 0) is 14.3 Å². The van der Waals surface area contributed by atoms with Crippen LogP contribution in [0.2, 0.25) is 0 Å². The first-order valence-corrected chi connectivity index (χ1v) is 8.25. The van der Waals surface area contributed by atoms with E-state index in [4.69, 9.17) is 10.5 Å². The molecule has 0 bridgehead atoms. The molecule has 1 fully saturated rings. The summed E-state index contributed by atoms with van der Waals surface area (Å²) in [5, 5.41) is 2.64. The highest BCUT2D eigenvalue weighted by Gasteiger charge is 2.25. The van der Waals surface area contributed by atoms with Crippen molar-refractivity contribution in [2.45, 2.75) is 50.7 Å². The van der Waals surface area contributed by atoms with Crippen LogP contribution in [0.5, 0.6) is 0 Å². The second-order valence-electron chi connectivity index (χ2n) is 4.80. The van der Waals surface area contributed by atoms with Gasteiger partial charge in [0.05, 0.1) is 6.54 Å². The van der Waals surface area contributed by atoms with E-state index < -0.39 is 6.04 Å². The van der Waals surface area contributed by atoms with Gasteiger partial charge in [-0.2, -0.15) is 11.8 Å². The van der Waals surface area contributed by atoms with Crippen LogP contribution in [0, 0.1) is 0 Å². The van der Waals surface area contributed by atoms with Crippen LogP contribution in [-0.4, -0.2) is 42.6 Å². The van der Waals surface area contributed by atoms with Gasteiger partial charge in [0.2, 0.25) is 5.91 Å². The van der Waals surface area contributed by atoms with E-state index in [1.165, 1.54) is 6.42 Å². The second kappa shape index (κ2) is 9.20. The van der Waals surface area contributed by atoms with Gasteiger partial charge in [-0.3, -0.25) is 4.79 Å². The Morgan fingerprint density at radius 2 is 2.05 bits per heavy atom. The van der Waals surface area contributed by atoms with Gasteiger partial charge in [0.25, 0.3) is 0 Å². The van der Waals surface area contributed by atoms with Crippen molar-refractivity contribution < 1.29 is 14.3 Å². The molecule has 1 rings (SSSR count). The number of carbonyl (C=O) groups is 2. The van der Waals surface area contributed by atoms with Gasteiger partial charge in [-0.1, -0.05) is 6.42 Å². The highest BCUT2D eigenvalue weighted by Crippen LogP contribution is 2.21. The highest BCUT2D eigenvalue weighted by molar-refractivity contribution is 7.98. The van der Waals surface area contributed by atoms with Gasteiger partial charge in [0.1, 0.15) is 12.1 Å². The maximum Gasteiger partial charge on any atom is 0.328 e. The van der Waals surface area contributed by atoms with Crippen molar-refractivity contribution in [2.75, 3.05) is 18.6 Å². The molecule has 1 amide bonds. The summed E-state index contributed by atoms with van der Waals surface area (Å²) in [7, 11) is 0. The van der Waals surface area contributed by atoms with E-state index in [9.17, 15) is 9.59 Å². The largest absolute Gasteiger partial charge is 0.461 e. The lowest BCUT2D eigenvalue weighted by atomic mass is 9.98. The maximum atomic E-state index is 12.1. The molecule has 1 aliphatic carbocycles. The molecule has 6 heteroatoms. The number of ether oxygens (including phenoxy) is 1. The standard InChI is InChI=1S/C13H24N2O3S/c1-19-8-7-11(15-12(16)9-14)13(17)18-10-5-3-2-4-6-10/h10-11H,2-9,14H2,1H3,(H,15,16)/t11-/m0/s1. The molecule has 0 aromatic rings. The second-order valence-corrected chi connectivity index (χ2v) is 5.79. The number of hydrogen-bond donors (Lipinski definition) is 2. The Labute approximate surface area is 119 Å². The molecule has 0 aliphatic heterocycles. The monoisotopic (exact) mass is 288 g/mol. The third-order valence-electron chi connectivity index (χ3n) is 3.25. The highest BCUT2D eigenvalue weighted by atomic mass is 32.2. The van der Waals surface area contributed by atoms with Crippen LogP contribution in [0.4, 0.5) is 0 Å². The van der Waals surface area contributed by atoms with Gasteiger partial charge in [-0.15, -0.1) is 0 Å². The van der Waals surface area contributed by atoms with Crippen molar-refractivity contribution >= 4 is 23.6 Å². The summed E-state index contributed by atoms with van der Waals surface area (Å²) in [6.45, 7) is -0.105. The summed E-state index contributed by atoms with van der Waals surface area (Å²) in [4.78, 5) is 23.4. The fourth-order valence-electron chi connectivity index (χ4n) is 2.17. The Bertz CT molecular complexity index is 294. The first kappa shape index (κ1) is 16.3. The van der Waals surface area contributed by atoms with Crippen molar-refractivity contribution in [3.8, 4) is 0 Å². The summed E-state index contributed by atoms with van der Waals surface area (Å²) >= 11 is 1.64. The number of esters is 1. The molecule has 1 atom stereocenters. The van der Waals surface area contributed by atoms with Crippen LogP contribution in [0.3, 0.4) is 0 Å². The fraction of sp³-hybridized carbons (Fsp3) is 0.846. The number of nitrogens with two attached hydrogens (primary N) is 1. The molecular weight excluding hydrogens is 264 g/mol. The SMILES string of the molecule is CSCC[C@H](NC(=O)CN)C(=O)OC1CCCCC1. The maximum absolute atomic E-state index is 12.1. The van der Waals surface area contributed by atoms with Crippen molar-refractivity contribution in [1.29, 1.82) is 0 Å². The molecule has 0 spiro atoms. The minimum atomic E-state index is -0.564. The third kappa shape index (κ3) is 6.29. The average Bonchev–Trinajstić information content (AvgIpc) is 2.44. The van der Waals surface area contributed by atoms with Crippen molar-refractivity contribution in [2.24, 2.45) is 5.73 Å². The zero-order valence-electron chi connectivity index (χ0n) is 11.5. The lowest BCUT2D eigenvalue weighted by Gasteiger charge is -2.25. The van der Waals surface area contributed by atoms with E-state index in [-0.39, 0.29) is 24.5 Å². The number of amides is 1. The summed E-state index contributed by atoms with van der Waals surface area (Å²) in [5.74, 6) is 0.171. The zero-order valence-corrected chi connectivity index (χ0v) is 12.3. The molecule has 0 unspecified atom stereocenters. The molecule has 0 radical (unpaired) electrons. The summed E-state index contributed by atoms with van der Waals surface area (Å²) in [6.07, 6.45) is 7.89. The molecule has 0 heterocycles. The topological polar surface area (TPSA) is 81.4 Å². The Morgan fingerprint density at radius 1 is 1.37 bits per heavy atom. The quantitative estimate of drug-likeness (QED) is 0.685. The summed E-state index contributed by atoms with van der Waals surface area (Å²) in [5.41, 5.74) is 5.26. The Balaban J connectivity index is 2.46. The first-order chi connectivity index (χ1) is 9.17. The normalized spacial score (nSPS) is 17.8. The average molecular weight is 288 g/mol. The van der Waals surface area contributed by atoms with E-state index >= 15 is 0 Å². The molecule has 1 aliphatic rings. The number of carbonyl (C=O) groups excluding carboxylic acids is 2. The minimum absolute atomic E-state index is 0.0211. The molecule has 19 heavy (non-hydrogen) atoms. The molecule has 1 saturated carbocycles. The Hall–Kier alpha value is -0.750.